The number of aromatic amines is 1. The van der Waals surface area contributed by atoms with Crippen LogP contribution >= 0.6 is 0 Å². The minimum atomic E-state index is -3.38. The number of carbonyl (C=O) groups excluding carboxylic acids is 1. The molecular weight excluding hydrogens is 386 g/mol. The Morgan fingerprint density at radius 2 is 1.62 bits per heavy atom. The Morgan fingerprint density at radius 1 is 0.966 bits per heavy atom. The number of aromatic nitrogens is 1. The number of rotatable bonds is 5. The van der Waals surface area contributed by atoms with E-state index in [9.17, 15) is 13.2 Å². The van der Waals surface area contributed by atoms with E-state index in [0.29, 0.717) is 32.6 Å². The molecule has 2 heterocycles. The van der Waals surface area contributed by atoms with Gasteiger partial charge in [0.15, 0.2) is 0 Å². The highest BCUT2D eigenvalue weighted by Gasteiger charge is 2.29. The molecule has 1 saturated heterocycles. The summed E-state index contributed by atoms with van der Waals surface area (Å²) >= 11 is 0. The lowest BCUT2D eigenvalue weighted by molar-refractivity contribution is -0.131. The number of aryl methyl sites for hydroxylation is 1. The third-order valence-electron chi connectivity index (χ3n) is 5.53. The Balaban J connectivity index is 1.39. The number of piperazine rings is 1. The van der Waals surface area contributed by atoms with Crippen molar-refractivity contribution in [1.29, 1.82) is 0 Å². The molecule has 4 rings (SSSR count). The number of H-pyrrole nitrogens is 1. The monoisotopic (exact) mass is 411 g/mol. The van der Waals surface area contributed by atoms with Gasteiger partial charge in [-0.25, -0.2) is 8.42 Å². The number of fused-ring (bicyclic) bond motifs is 1. The van der Waals surface area contributed by atoms with E-state index in [1.54, 1.807) is 4.90 Å². The highest BCUT2D eigenvalue weighted by atomic mass is 32.2. The smallest absolute Gasteiger partial charge is 0.227 e. The van der Waals surface area contributed by atoms with E-state index in [-0.39, 0.29) is 11.7 Å². The quantitative estimate of drug-likeness (QED) is 0.702. The summed E-state index contributed by atoms with van der Waals surface area (Å²) in [5.74, 6) is 0.0361. The molecule has 1 N–H and O–H groups in total. The topological polar surface area (TPSA) is 73.5 Å². The molecular formula is C22H25N3O3S. The lowest BCUT2D eigenvalue weighted by Crippen LogP contribution is -2.51. The molecule has 1 amide bonds. The minimum absolute atomic E-state index is 0.00365. The van der Waals surface area contributed by atoms with Gasteiger partial charge >= 0.3 is 0 Å². The molecule has 0 bridgehead atoms. The van der Waals surface area contributed by atoms with Crippen LogP contribution in [0.1, 0.15) is 16.8 Å². The number of hydrogen-bond acceptors (Lipinski definition) is 3. The van der Waals surface area contributed by atoms with E-state index in [1.807, 2.05) is 61.5 Å². The van der Waals surface area contributed by atoms with Crippen molar-refractivity contribution in [2.45, 2.75) is 19.1 Å². The molecule has 0 unspecified atom stereocenters. The van der Waals surface area contributed by atoms with Crippen molar-refractivity contribution >= 4 is 26.8 Å². The fourth-order valence-electron chi connectivity index (χ4n) is 3.92. The van der Waals surface area contributed by atoms with Crippen LogP contribution in [0.3, 0.4) is 0 Å². The Morgan fingerprint density at radius 3 is 2.34 bits per heavy atom. The lowest BCUT2D eigenvalue weighted by atomic mass is 10.1. The summed E-state index contributed by atoms with van der Waals surface area (Å²) in [7, 11) is -3.38. The van der Waals surface area contributed by atoms with Crippen molar-refractivity contribution in [3.8, 4) is 0 Å². The van der Waals surface area contributed by atoms with Crippen LogP contribution in [0.15, 0.2) is 54.6 Å². The fraction of sp³-hybridized carbons (Fsp3) is 0.318. The molecule has 3 aromatic rings. The molecule has 1 fully saturated rings. The summed E-state index contributed by atoms with van der Waals surface area (Å²) in [6.07, 6.45) is 0.326. The summed E-state index contributed by atoms with van der Waals surface area (Å²) in [5.41, 5.74) is 3.83. The maximum atomic E-state index is 12.9. The van der Waals surface area contributed by atoms with Gasteiger partial charge in [0, 0.05) is 42.8 Å². The van der Waals surface area contributed by atoms with Gasteiger partial charge in [-0.2, -0.15) is 4.31 Å². The zero-order chi connectivity index (χ0) is 20.4. The van der Waals surface area contributed by atoms with Crippen molar-refractivity contribution < 1.29 is 13.2 Å². The van der Waals surface area contributed by atoms with Crippen molar-refractivity contribution in [3.63, 3.8) is 0 Å². The van der Waals surface area contributed by atoms with Gasteiger partial charge in [0.05, 0.1) is 12.2 Å². The second-order valence-electron chi connectivity index (χ2n) is 7.47. The Labute approximate surface area is 171 Å². The molecule has 1 aliphatic rings. The Hall–Kier alpha value is -2.64. The molecule has 0 aliphatic carbocycles. The summed E-state index contributed by atoms with van der Waals surface area (Å²) in [5, 5.41) is 1.07. The van der Waals surface area contributed by atoms with Crippen LogP contribution in [0, 0.1) is 6.92 Å². The predicted molar refractivity (Wildman–Crippen MR) is 114 cm³/mol. The van der Waals surface area contributed by atoms with E-state index >= 15 is 0 Å². The Kier molecular flexibility index (Phi) is 5.43. The van der Waals surface area contributed by atoms with E-state index in [0.717, 1.165) is 27.7 Å². The number of nitrogens with one attached hydrogen (secondary N) is 1. The summed E-state index contributed by atoms with van der Waals surface area (Å²) < 4.78 is 26.9. The third kappa shape index (κ3) is 4.21. The van der Waals surface area contributed by atoms with Gasteiger partial charge in [-0.3, -0.25) is 4.79 Å². The minimum Gasteiger partial charge on any atom is -0.358 e. The van der Waals surface area contributed by atoms with Crippen molar-refractivity contribution in [1.82, 2.24) is 14.2 Å². The average Bonchev–Trinajstić information content (AvgIpc) is 3.04. The standard InChI is InChI=1S/C22H25N3O3S/c1-17-20(19-9-5-6-10-21(19)23-17)15-22(26)24-11-13-25(14-12-24)29(27,28)16-18-7-3-2-4-8-18/h2-10,23H,11-16H2,1H3. The molecule has 29 heavy (non-hydrogen) atoms. The lowest BCUT2D eigenvalue weighted by Gasteiger charge is -2.34. The predicted octanol–water partition coefficient (Wildman–Crippen LogP) is 2.69. The average molecular weight is 412 g/mol. The van der Waals surface area contributed by atoms with Gasteiger partial charge in [-0.1, -0.05) is 48.5 Å². The molecule has 7 heteroatoms. The first-order valence-electron chi connectivity index (χ1n) is 9.80. The molecule has 0 spiro atoms. The maximum absolute atomic E-state index is 12.9. The van der Waals surface area contributed by atoms with Gasteiger partial charge in [0.1, 0.15) is 0 Å². The molecule has 1 aromatic heterocycles. The first-order chi connectivity index (χ1) is 13.9. The Bertz CT molecular complexity index is 1110. The van der Waals surface area contributed by atoms with Crippen LogP contribution in [0.2, 0.25) is 0 Å². The van der Waals surface area contributed by atoms with Gasteiger partial charge < -0.3 is 9.88 Å². The van der Waals surface area contributed by atoms with E-state index in [1.165, 1.54) is 4.31 Å². The van der Waals surface area contributed by atoms with Gasteiger partial charge in [-0.15, -0.1) is 0 Å². The number of hydrogen-bond donors (Lipinski definition) is 1. The SMILES string of the molecule is Cc1[nH]c2ccccc2c1CC(=O)N1CCN(S(=O)(=O)Cc2ccccc2)CC1. The first kappa shape index (κ1) is 19.7. The zero-order valence-electron chi connectivity index (χ0n) is 16.5. The van der Waals surface area contributed by atoms with Crippen LogP contribution in [0.25, 0.3) is 10.9 Å². The number of para-hydroxylation sites is 1. The number of nitrogens with zero attached hydrogens (tertiary/aromatic N) is 2. The van der Waals surface area contributed by atoms with Crippen LogP contribution in [0.5, 0.6) is 0 Å². The summed E-state index contributed by atoms with van der Waals surface area (Å²) in [6, 6.07) is 17.2. The van der Waals surface area contributed by atoms with Crippen molar-refractivity contribution in [2.24, 2.45) is 0 Å². The highest BCUT2D eigenvalue weighted by molar-refractivity contribution is 7.88. The molecule has 0 radical (unpaired) electrons. The van der Waals surface area contributed by atoms with Gasteiger partial charge in [-0.05, 0) is 24.1 Å². The number of benzene rings is 2. The van der Waals surface area contributed by atoms with E-state index in [4.69, 9.17) is 0 Å². The van der Waals surface area contributed by atoms with Gasteiger partial charge in [0.25, 0.3) is 0 Å². The number of sulfonamides is 1. The molecule has 2 aromatic carbocycles. The summed E-state index contributed by atoms with van der Waals surface area (Å²) in [6.45, 7) is 3.51. The zero-order valence-corrected chi connectivity index (χ0v) is 17.3. The van der Waals surface area contributed by atoms with Crippen molar-refractivity contribution in [3.05, 3.63) is 71.4 Å². The van der Waals surface area contributed by atoms with Crippen molar-refractivity contribution in [2.75, 3.05) is 26.2 Å². The molecule has 0 atom stereocenters. The molecule has 1 aliphatic heterocycles. The normalized spacial score (nSPS) is 15.7. The number of carbonyl (C=O) groups is 1. The highest BCUT2D eigenvalue weighted by Crippen LogP contribution is 2.23. The van der Waals surface area contributed by atoms with E-state index < -0.39 is 10.0 Å². The largest absolute Gasteiger partial charge is 0.358 e. The van der Waals surface area contributed by atoms with Crippen LogP contribution < -0.4 is 0 Å². The van der Waals surface area contributed by atoms with Gasteiger partial charge in [0.2, 0.25) is 15.9 Å². The van der Waals surface area contributed by atoms with E-state index in [2.05, 4.69) is 4.98 Å². The first-order valence-corrected chi connectivity index (χ1v) is 11.4. The second kappa shape index (κ2) is 8.00. The molecule has 6 nitrogen and oxygen atoms in total. The van der Waals surface area contributed by atoms with Crippen LogP contribution in [-0.4, -0.2) is 54.7 Å². The van der Waals surface area contributed by atoms with Crippen LogP contribution in [0.4, 0.5) is 0 Å². The second-order valence-corrected chi connectivity index (χ2v) is 9.44. The summed E-state index contributed by atoms with van der Waals surface area (Å²) in [4.78, 5) is 18.0. The molecule has 0 saturated carbocycles. The van der Waals surface area contributed by atoms with Crippen LogP contribution in [-0.2, 0) is 27.0 Å². The third-order valence-corrected chi connectivity index (χ3v) is 7.38. The number of amides is 1. The molecule has 152 valence electrons. The fourth-order valence-corrected chi connectivity index (χ4v) is 5.43. The maximum Gasteiger partial charge on any atom is 0.227 e.